The summed E-state index contributed by atoms with van der Waals surface area (Å²) < 4.78 is 0. The largest absolute Gasteiger partial charge is 0.261 e. The number of allylic oxidation sites excluding steroid dienone is 1. The Bertz CT molecular complexity index is 218. The van der Waals surface area contributed by atoms with Crippen LogP contribution in [0.3, 0.4) is 0 Å². The number of halogens is 1. The second-order valence-corrected chi connectivity index (χ2v) is 2.47. The zero-order chi connectivity index (χ0) is 7.94. The molecule has 0 fully saturated rings. The van der Waals surface area contributed by atoms with Crippen LogP contribution in [-0.2, 0) is 6.42 Å². The van der Waals surface area contributed by atoms with Crippen molar-refractivity contribution < 1.29 is 0 Å². The van der Waals surface area contributed by atoms with Gasteiger partial charge in [0.25, 0.3) is 0 Å². The Balaban J connectivity index is 2.39. The number of rotatable bonds is 3. The van der Waals surface area contributed by atoms with Gasteiger partial charge in [0.05, 0.1) is 0 Å². The van der Waals surface area contributed by atoms with Crippen LogP contribution in [0.4, 0.5) is 0 Å². The summed E-state index contributed by atoms with van der Waals surface area (Å²) in [5.41, 5.74) is 2.66. The molecule has 0 aliphatic carbocycles. The molecule has 1 aromatic heterocycles. The van der Waals surface area contributed by atoms with Gasteiger partial charge in [0, 0.05) is 17.4 Å². The van der Waals surface area contributed by atoms with E-state index in [4.69, 9.17) is 11.6 Å². The lowest BCUT2D eigenvalue weighted by Crippen LogP contribution is -1.85. The smallest absolute Gasteiger partial charge is 0.0406 e. The van der Waals surface area contributed by atoms with Crippen molar-refractivity contribution in [3.8, 4) is 0 Å². The van der Waals surface area contributed by atoms with Crippen LogP contribution in [-0.4, -0.2) is 4.98 Å². The molecule has 0 amide bonds. The van der Waals surface area contributed by atoms with Crippen molar-refractivity contribution in [2.45, 2.75) is 12.8 Å². The molecule has 0 bridgehead atoms. The Labute approximate surface area is 71.7 Å². The lowest BCUT2D eigenvalue weighted by atomic mass is 10.2. The second kappa shape index (κ2) is 4.91. The molecule has 0 saturated carbocycles. The molecule has 1 aromatic rings. The molecule has 1 nitrogen and oxygen atoms in total. The first-order valence-corrected chi connectivity index (χ1v) is 4.02. The molecular weight excluding hydrogens is 158 g/mol. The highest BCUT2D eigenvalue weighted by Crippen LogP contribution is 1.98. The van der Waals surface area contributed by atoms with E-state index in [1.807, 2.05) is 24.3 Å². The first-order chi connectivity index (χ1) is 5.43. The molecule has 2 heteroatoms. The Morgan fingerprint density at radius 3 is 3.00 bits per heavy atom. The Morgan fingerprint density at radius 2 is 2.36 bits per heavy atom. The van der Waals surface area contributed by atoms with E-state index in [9.17, 15) is 0 Å². The molecule has 0 N–H and O–H groups in total. The normalized spacial score (nSPS) is 10.6. The molecule has 0 aromatic carbocycles. The third-order valence-electron chi connectivity index (χ3n) is 1.38. The molecule has 0 aliphatic rings. The van der Waals surface area contributed by atoms with Crippen molar-refractivity contribution in [1.29, 1.82) is 0 Å². The topological polar surface area (TPSA) is 12.9 Å². The quantitative estimate of drug-likeness (QED) is 0.675. The molecule has 1 heterocycles. The van der Waals surface area contributed by atoms with Crippen molar-refractivity contribution in [3.63, 3.8) is 0 Å². The van der Waals surface area contributed by atoms with Crippen LogP contribution in [0.25, 0.3) is 0 Å². The van der Waals surface area contributed by atoms with E-state index in [1.54, 1.807) is 11.7 Å². The van der Waals surface area contributed by atoms with Gasteiger partial charge in [0.2, 0.25) is 0 Å². The minimum absolute atomic E-state index is 0.959. The molecule has 0 atom stereocenters. The monoisotopic (exact) mass is 167 g/mol. The zero-order valence-corrected chi connectivity index (χ0v) is 6.96. The van der Waals surface area contributed by atoms with Gasteiger partial charge in [0.15, 0.2) is 0 Å². The zero-order valence-electron chi connectivity index (χ0n) is 6.20. The van der Waals surface area contributed by atoms with Crippen LogP contribution >= 0.6 is 11.6 Å². The molecule has 0 spiro atoms. The van der Waals surface area contributed by atoms with Crippen LogP contribution in [0.1, 0.15) is 12.1 Å². The van der Waals surface area contributed by atoms with Gasteiger partial charge in [0.1, 0.15) is 0 Å². The summed E-state index contributed by atoms with van der Waals surface area (Å²) in [4.78, 5) is 4.17. The van der Waals surface area contributed by atoms with Crippen molar-refractivity contribution in [2.75, 3.05) is 0 Å². The Morgan fingerprint density at radius 1 is 1.45 bits per heavy atom. The summed E-state index contributed by atoms with van der Waals surface area (Å²) in [6, 6.07) is 5.93. The fraction of sp³-hybridized carbons (Fsp3) is 0.222. The lowest BCUT2D eigenvalue weighted by molar-refractivity contribution is 0.945. The third-order valence-corrected chi connectivity index (χ3v) is 1.56. The van der Waals surface area contributed by atoms with Gasteiger partial charge in [-0.2, -0.15) is 0 Å². The molecule has 1 rings (SSSR count). The van der Waals surface area contributed by atoms with Crippen LogP contribution in [0.15, 0.2) is 36.0 Å². The highest BCUT2D eigenvalue weighted by molar-refractivity contribution is 6.25. The number of aryl methyl sites for hydroxylation is 1. The van der Waals surface area contributed by atoms with Gasteiger partial charge in [-0.3, -0.25) is 4.98 Å². The van der Waals surface area contributed by atoms with Gasteiger partial charge in [-0.15, -0.1) is 0 Å². The van der Waals surface area contributed by atoms with E-state index >= 15 is 0 Å². The highest BCUT2D eigenvalue weighted by Gasteiger charge is 1.88. The van der Waals surface area contributed by atoms with Crippen molar-refractivity contribution in [3.05, 3.63) is 41.7 Å². The van der Waals surface area contributed by atoms with Crippen molar-refractivity contribution in [1.82, 2.24) is 4.98 Å². The minimum atomic E-state index is 0.959. The lowest BCUT2D eigenvalue weighted by Gasteiger charge is -1.93. The van der Waals surface area contributed by atoms with E-state index in [-0.39, 0.29) is 0 Å². The molecule has 0 radical (unpaired) electrons. The minimum Gasteiger partial charge on any atom is -0.261 e. The fourth-order valence-corrected chi connectivity index (χ4v) is 0.966. The summed E-state index contributed by atoms with van der Waals surface area (Å²) in [5.74, 6) is 0. The standard InChI is InChI=1S/C9H10ClN/c10-7-3-1-5-9-6-2-4-8-11-9/h2-4,6-8H,1,5H2. The molecule has 0 aliphatic heterocycles. The number of nitrogens with zero attached hydrogens (tertiary/aromatic N) is 1. The maximum absolute atomic E-state index is 5.37. The van der Waals surface area contributed by atoms with Crippen LogP contribution in [0, 0.1) is 0 Å². The number of hydrogen-bond donors (Lipinski definition) is 0. The van der Waals surface area contributed by atoms with Crippen LogP contribution in [0.5, 0.6) is 0 Å². The SMILES string of the molecule is ClC=CCCc1ccccn1. The van der Waals surface area contributed by atoms with Gasteiger partial charge in [-0.1, -0.05) is 23.7 Å². The van der Waals surface area contributed by atoms with E-state index in [2.05, 4.69) is 4.98 Å². The van der Waals surface area contributed by atoms with Crippen LogP contribution in [0.2, 0.25) is 0 Å². The Kier molecular flexibility index (Phi) is 3.70. The van der Waals surface area contributed by atoms with E-state index in [0.29, 0.717) is 0 Å². The first kappa shape index (κ1) is 8.28. The maximum atomic E-state index is 5.37. The predicted octanol–water partition coefficient (Wildman–Crippen LogP) is 2.77. The average Bonchev–Trinajstić information content (AvgIpc) is 2.07. The van der Waals surface area contributed by atoms with Crippen LogP contribution < -0.4 is 0 Å². The summed E-state index contributed by atoms with van der Waals surface area (Å²) in [7, 11) is 0. The van der Waals surface area contributed by atoms with E-state index in [1.165, 1.54) is 0 Å². The molecule has 0 unspecified atom stereocenters. The number of aromatic nitrogens is 1. The van der Waals surface area contributed by atoms with Gasteiger partial charge < -0.3 is 0 Å². The maximum Gasteiger partial charge on any atom is 0.0406 e. The number of hydrogen-bond acceptors (Lipinski definition) is 1. The molecule has 11 heavy (non-hydrogen) atoms. The van der Waals surface area contributed by atoms with Crippen molar-refractivity contribution >= 4 is 11.6 Å². The molecule has 58 valence electrons. The van der Waals surface area contributed by atoms with Gasteiger partial charge in [-0.25, -0.2) is 0 Å². The third kappa shape index (κ3) is 3.19. The van der Waals surface area contributed by atoms with Gasteiger partial charge >= 0.3 is 0 Å². The fourth-order valence-electron chi connectivity index (χ4n) is 0.840. The van der Waals surface area contributed by atoms with Gasteiger partial charge in [-0.05, 0) is 25.0 Å². The summed E-state index contributed by atoms with van der Waals surface area (Å²) in [6.07, 6.45) is 5.65. The molecule has 0 saturated heterocycles. The summed E-state index contributed by atoms with van der Waals surface area (Å²) in [5, 5.41) is 0. The Hall–Kier alpha value is -0.820. The molecular formula is C9H10ClN. The van der Waals surface area contributed by atoms with E-state index < -0.39 is 0 Å². The predicted molar refractivity (Wildman–Crippen MR) is 47.6 cm³/mol. The number of pyridine rings is 1. The highest BCUT2D eigenvalue weighted by atomic mass is 35.5. The first-order valence-electron chi connectivity index (χ1n) is 3.58. The van der Waals surface area contributed by atoms with E-state index in [0.717, 1.165) is 18.5 Å². The van der Waals surface area contributed by atoms with Crippen molar-refractivity contribution in [2.24, 2.45) is 0 Å². The second-order valence-electron chi connectivity index (χ2n) is 2.22. The summed E-state index contributed by atoms with van der Waals surface area (Å²) >= 11 is 5.37. The average molecular weight is 168 g/mol. The summed E-state index contributed by atoms with van der Waals surface area (Å²) in [6.45, 7) is 0.